The van der Waals surface area contributed by atoms with E-state index in [9.17, 15) is 9.18 Å². The van der Waals surface area contributed by atoms with Gasteiger partial charge in [-0.1, -0.05) is 23.8 Å². The van der Waals surface area contributed by atoms with Crippen LogP contribution < -0.4 is 11.2 Å². The molecule has 0 fully saturated rings. The molecule has 0 aliphatic rings. The first-order valence-electron chi connectivity index (χ1n) is 7.17. The van der Waals surface area contributed by atoms with E-state index in [0.29, 0.717) is 0 Å². The highest BCUT2D eigenvalue weighted by atomic mass is 127. The molecule has 130 valence electrons. The van der Waals surface area contributed by atoms with E-state index in [1.165, 1.54) is 28.2 Å². The maximum absolute atomic E-state index is 13.0. The molecule has 1 atom stereocenters. The molecule has 0 saturated carbocycles. The van der Waals surface area contributed by atoms with Crippen LogP contribution in [-0.2, 0) is 4.84 Å². The first kappa shape index (κ1) is 20.3. The fraction of sp³-hybridized carbons (Fsp3) is 0.235. The third kappa shape index (κ3) is 7.24. The van der Waals surface area contributed by atoms with Crippen LogP contribution in [0, 0.1) is 16.3 Å². The molecule has 2 aromatic carbocycles. The van der Waals surface area contributed by atoms with E-state index in [1.54, 1.807) is 0 Å². The van der Waals surface area contributed by atoms with Crippen LogP contribution in [0.5, 0.6) is 0 Å². The Labute approximate surface area is 154 Å². The molecule has 4 N–H and O–H groups in total. The molecule has 0 aliphatic carbocycles. The molecule has 7 heteroatoms. The van der Waals surface area contributed by atoms with Gasteiger partial charge in [0.2, 0.25) is 0 Å². The zero-order valence-corrected chi connectivity index (χ0v) is 15.6. The maximum Gasteiger partial charge on any atom is 0.277 e. The molecule has 0 spiro atoms. The summed E-state index contributed by atoms with van der Waals surface area (Å²) in [5.74, 6) is -1.32. The van der Waals surface area contributed by atoms with Gasteiger partial charge < -0.3 is 10.8 Å². The third-order valence-electron chi connectivity index (χ3n) is 2.77. The highest BCUT2D eigenvalue weighted by Crippen LogP contribution is 2.15. The van der Waals surface area contributed by atoms with E-state index in [4.69, 9.17) is 10.8 Å². The number of nitrogen functional groups attached to an aromatic ring is 1. The largest absolute Gasteiger partial charge is 0.396 e. The second kappa shape index (κ2) is 10.2. The average Bonchev–Trinajstić information content (AvgIpc) is 2.50. The molecular weight excluding hydrogens is 426 g/mol. The number of para-hydroxylation sites is 1. The van der Waals surface area contributed by atoms with Crippen LogP contribution in [0.25, 0.3) is 0 Å². The van der Waals surface area contributed by atoms with E-state index in [0.717, 1.165) is 6.07 Å². The number of benzene rings is 2. The van der Waals surface area contributed by atoms with Crippen LogP contribution in [-0.4, -0.2) is 23.7 Å². The lowest BCUT2D eigenvalue weighted by atomic mass is 10.1. The molecule has 1 amide bonds. The number of halogens is 2. The van der Waals surface area contributed by atoms with Gasteiger partial charge in [0.1, 0.15) is 12.4 Å². The zero-order chi connectivity index (χ0) is 18.1. The van der Waals surface area contributed by atoms with E-state index in [2.05, 4.69) is 64.1 Å². The van der Waals surface area contributed by atoms with Crippen molar-refractivity contribution < 1.29 is 19.1 Å². The minimum atomic E-state index is -0.704. The standard InChI is InChI=1S/C10H13FN2O3.C7H7I/c1-6(14)5-16-13-10(15)7-3-2-4-8(11)9(7)12;1-6-3-2-4-7(8)5-6/h2-4,6,14H,5,12H2,1H3,(H,13,15);2-5H,1H3. The number of hydrogen-bond donors (Lipinski definition) is 3. The number of anilines is 1. The fourth-order valence-electron chi connectivity index (χ4n) is 1.62. The lowest BCUT2D eigenvalue weighted by Crippen LogP contribution is -2.28. The molecule has 0 bridgehead atoms. The summed E-state index contributed by atoms with van der Waals surface area (Å²) in [6.45, 7) is 3.55. The predicted octanol–water partition coefficient (Wildman–Crippen LogP) is 3.05. The van der Waals surface area contributed by atoms with Gasteiger partial charge in [0.25, 0.3) is 5.91 Å². The quantitative estimate of drug-likeness (QED) is 0.383. The number of aliphatic hydroxyl groups is 1. The third-order valence-corrected chi connectivity index (χ3v) is 3.44. The van der Waals surface area contributed by atoms with Gasteiger partial charge in [0.15, 0.2) is 0 Å². The minimum absolute atomic E-state index is 0.00871. The number of nitrogens with one attached hydrogen (secondary N) is 1. The summed E-state index contributed by atoms with van der Waals surface area (Å²) in [6, 6.07) is 12.3. The van der Waals surface area contributed by atoms with Crippen molar-refractivity contribution in [2.24, 2.45) is 0 Å². The van der Waals surface area contributed by atoms with E-state index >= 15 is 0 Å². The summed E-state index contributed by atoms with van der Waals surface area (Å²) in [4.78, 5) is 16.1. The molecule has 1 unspecified atom stereocenters. The summed E-state index contributed by atoms with van der Waals surface area (Å²) in [5.41, 5.74) is 8.51. The van der Waals surface area contributed by atoms with E-state index in [1.807, 2.05) is 0 Å². The smallest absolute Gasteiger partial charge is 0.277 e. The summed E-state index contributed by atoms with van der Waals surface area (Å²) in [5, 5.41) is 8.87. The normalized spacial score (nSPS) is 11.2. The van der Waals surface area contributed by atoms with Crippen LogP contribution in [0.2, 0.25) is 0 Å². The van der Waals surface area contributed by atoms with Gasteiger partial charge in [-0.3, -0.25) is 9.63 Å². The number of nitrogens with two attached hydrogens (primary N) is 1. The van der Waals surface area contributed by atoms with Crippen molar-refractivity contribution in [3.05, 3.63) is 63.0 Å². The van der Waals surface area contributed by atoms with Crippen LogP contribution in [0.15, 0.2) is 42.5 Å². The first-order valence-corrected chi connectivity index (χ1v) is 8.25. The average molecular weight is 446 g/mol. The van der Waals surface area contributed by atoms with Gasteiger partial charge in [-0.25, -0.2) is 9.87 Å². The Morgan fingerprint density at radius 3 is 2.58 bits per heavy atom. The Hall–Kier alpha value is -1.71. The summed E-state index contributed by atoms with van der Waals surface area (Å²) < 4.78 is 14.3. The van der Waals surface area contributed by atoms with Gasteiger partial charge in [-0.05, 0) is 60.7 Å². The van der Waals surface area contributed by atoms with Crippen LogP contribution in [0.4, 0.5) is 10.1 Å². The summed E-state index contributed by atoms with van der Waals surface area (Å²) in [6.07, 6.45) is -0.704. The molecule has 2 rings (SSSR count). The van der Waals surface area contributed by atoms with Crippen molar-refractivity contribution >= 4 is 34.2 Å². The number of rotatable bonds is 4. The number of carbonyl (C=O) groups excluding carboxylic acids is 1. The molecule has 0 aliphatic heterocycles. The van der Waals surface area contributed by atoms with Crippen LogP contribution >= 0.6 is 22.6 Å². The van der Waals surface area contributed by atoms with Crippen molar-refractivity contribution in [2.45, 2.75) is 20.0 Å². The number of aliphatic hydroxyl groups excluding tert-OH is 1. The highest BCUT2D eigenvalue weighted by Gasteiger charge is 2.12. The van der Waals surface area contributed by atoms with Gasteiger partial charge in [-0.2, -0.15) is 0 Å². The van der Waals surface area contributed by atoms with E-state index < -0.39 is 17.8 Å². The van der Waals surface area contributed by atoms with Crippen LogP contribution in [0.3, 0.4) is 0 Å². The van der Waals surface area contributed by atoms with E-state index in [-0.39, 0.29) is 17.9 Å². The van der Waals surface area contributed by atoms with Crippen LogP contribution in [0.1, 0.15) is 22.8 Å². The highest BCUT2D eigenvalue weighted by molar-refractivity contribution is 14.1. The lowest BCUT2D eigenvalue weighted by molar-refractivity contribution is -0.00683. The Bertz CT molecular complexity index is 663. The summed E-state index contributed by atoms with van der Waals surface area (Å²) in [7, 11) is 0. The minimum Gasteiger partial charge on any atom is -0.396 e. The molecule has 2 aromatic rings. The molecule has 0 aromatic heterocycles. The Kier molecular flexibility index (Phi) is 8.66. The van der Waals surface area contributed by atoms with Crippen molar-refractivity contribution in [1.29, 1.82) is 0 Å². The van der Waals surface area contributed by atoms with Gasteiger partial charge >= 0.3 is 0 Å². The maximum atomic E-state index is 13.0. The fourth-order valence-corrected chi connectivity index (χ4v) is 2.32. The molecule has 0 heterocycles. The second-order valence-corrected chi connectivity index (χ2v) is 6.34. The van der Waals surface area contributed by atoms with Gasteiger partial charge in [-0.15, -0.1) is 0 Å². The molecule has 24 heavy (non-hydrogen) atoms. The summed E-state index contributed by atoms with van der Waals surface area (Å²) >= 11 is 2.31. The van der Waals surface area contributed by atoms with Gasteiger partial charge in [0, 0.05) is 3.57 Å². The topological polar surface area (TPSA) is 84.6 Å². The van der Waals surface area contributed by atoms with Crippen molar-refractivity contribution in [3.63, 3.8) is 0 Å². The number of amides is 1. The number of carbonyl (C=O) groups is 1. The Morgan fingerprint density at radius 2 is 2.04 bits per heavy atom. The Morgan fingerprint density at radius 1 is 1.38 bits per heavy atom. The predicted molar refractivity (Wildman–Crippen MR) is 99.8 cm³/mol. The number of hydroxylamine groups is 1. The molecule has 0 radical (unpaired) electrons. The van der Waals surface area contributed by atoms with Crippen molar-refractivity contribution in [3.8, 4) is 0 Å². The number of aryl methyl sites for hydroxylation is 1. The molecular formula is C17H20FIN2O3. The zero-order valence-electron chi connectivity index (χ0n) is 13.4. The van der Waals surface area contributed by atoms with Crippen molar-refractivity contribution in [1.82, 2.24) is 5.48 Å². The second-order valence-electron chi connectivity index (χ2n) is 5.09. The molecule has 0 saturated heterocycles. The number of hydrogen-bond acceptors (Lipinski definition) is 4. The van der Waals surface area contributed by atoms with Crippen molar-refractivity contribution in [2.75, 3.05) is 12.3 Å². The molecule has 5 nitrogen and oxygen atoms in total. The monoisotopic (exact) mass is 446 g/mol. The lowest BCUT2D eigenvalue weighted by Gasteiger charge is -2.09. The Balaban J connectivity index is 0.000000300. The SMILES string of the molecule is CC(O)CONC(=O)c1cccc(F)c1N.Cc1cccc(I)c1. The first-order chi connectivity index (χ1) is 11.3. The van der Waals surface area contributed by atoms with Gasteiger partial charge in [0.05, 0.1) is 17.4 Å².